The quantitative estimate of drug-likeness (QED) is 0.421. The summed E-state index contributed by atoms with van der Waals surface area (Å²) in [5.74, 6) is 1.47. The molecule has 2 saturated carbocycles. The van der Waals surface area contributed by atoms with Crippen LogP contribution in [0.25, 0.3) is 0 Å². The topological polar surface area (TPSA) is 138 Å². The Kier molecular flexibility index (Phi) is 13.2. The molecule has 2 rings (SSSR count). The maximum Gasteiger partial charge on any atom is 0.217 e. The average molecular weight is 397 g/mol. The standard InChI is InChI=1S/C13H26N2.C9H18N2O2/c14-12-5-1-10(2-6-12)9-11-3-7-13(15)8-4-11;10-8(12)6-4-2-1-3-5-7-9(11)13/h10-13H,1-9,14-15H2;1-7H2,(H2,10,12)(H2,11,13). The number of carbonyl (C=O) groups excluding carboxylic acids is 2. The van der Waals surface area contributed by atoms with Gasteiger partial charge in [-0.3, -0.25) is 9.59 Å². The molecule has 2 amide bonds. The predicted molar refractivity (Wildman–Crippen MR) is 115 cm³/mol. The molecule has 0 aromatic rings. The molecule has 28 heavy (non-hydrogen) atoms. The van der Waals surface area contributed by atoms with Crippen molar-refractivity contribution in [3.8, 4) is 0 Å². The van der Waals surface area contributed by atoms with Crippen LogP contribution in [0.1, 0.15) is 103 Å². The Balaban J connectivity index is 0.000000284. The first-order chi connectivity index (χ1) is 13.4. The van der Waals surface area contributed by atoms with Crippen LogP contribution in [0.5, 0.6) is 0 Å². The first-order valence-electron chi connectivity index (χ1n) is 11.4. The largest absolute Gasteiger partial charge is 0.370 e. The fraction of sp³-hybridized carbons (Fsp3) is 0.909. The molecule has 2 aliphatic rings. The van der Waals surface area contributed by atoms with E-state index >= 15 is 0 Å². The second kappa shape index (κ2) is 14.8. The van der Waals surface area contributed by atoms with E-state index in [0.717, 1.165) is 43.9 Å². The second-order valence-corrected chi connectivity index (χ2v) is 9.00. The fourth-order valence-corrected chi connectivity index (χ4v) is 4.45. The lowest BCUT2D eigenvalue weighted by Gasteiger charge is -2.32. The monoisotopic (exact) mass is 396 g/mol. The number of hydrogen-bond donors (Lipinski definition) is 4. The van der Waals surface area contributed by atoms with Gasteiger partial charge >= 0.3 is 0 Å². The van der Waals surface area contributed by atoms with E-state index in [1.54, 1.807) is 0 Å². The summed E-state index contributed by atoms with van der Waals surface area (Å²) in [6.45, 7) is 0. The summed E-state index contributed by atoms with van der Waals surface area (Å²) in [6, 6.07) is 1.00. The van der Waals surface area contributed by atoms with Crippen molar-refractivity contribution >= 4 is 11.8 Å². The summed E-state index contributed by atoms with van der Waals surface area (Å²) >= 11 is 0. The van der Waals surface area contributed by atoms with Gasteiger partial charge in [0, 0.05) is 24.9 Å². The lowest BCUT2D eigenvalue weighted by molar-refractivity contribution is -0.118. The van der Waals surface area contributed by atoms with Crippen molar-refractivity contribution in [1.82, 2.24) is 0 Å². The zero-order valence-electron chi connectivity index (χ0n) is 17.7. The molecular formula is C22H44N4O2. The van der Waals surface area contributed by atoms with E-state index in [1.807, 2.05) is 0 Å². The van der Waals surface area contributed by atoms with E-state index < -0.39 is 0 Å². The SMILES string of the molecule is NC(=O)CCCCCCCC(N)=O.NC1CCC(CC2CCC(N)CC2)CC1. The summed E-state index contributed by atoms with van der Waals surface area (Å²) in [4.78, 5) is 20.7. The average Bonchev–Trinajstić information content (AvgIpc) is 2.65. The van der Waals surface area contributed by atoms with Crippen molar-refractivity contribution in [2.75, 3.05) is 0 Å². The maximum atomic E-state index is 10.3. The van der Waals surface area contributed by atoms with Gasteiger partial charge in [-0.1, -0.05) is 19.3 Å². The van der Waals surface area contributed by atoms with Crippen molar-refractivity contribution in [1.29, 1.82) is 0 Å². The van der Waals surface area contributed by atoms with E-state index in [4.69, 9.17) is 22.9 Å². The molecule has 2 fully saturated rings. The minimum atomic E-state index is -0.239. The highest BCUT2D eigenvalue weighted by molar-refractivity contribution is 5.73. The molecule has 0 spiro atoms. The minimum absolute atomic E-state index is 0.239. The summed E-state index contributed by atoms with van der Waals surface area (Å²) in [7, 11) is 0. The normalized spacial score (nSPS) is 27.5. The van der Waals surface area contributed by atoms with Gasteiger partial charge in [0.05, 0.1) is 0 Å². The molecule has 8 N–H and O–H groups in total. The zero-order chi connectivity index (χ0) is 20.8. The molecule has 0 aliphatic heterocycles. The van der Waals surface area contributed by atoms with Crippen molar-refractivity contribution in [2.24, 2.45) is 34.8 Å². The van der Waals surface area contributed by atoms with Crippen LogP contribution in [0.4, 0.5) is 0 Å². The van der Waals surface area contributed by atoms with E-state index in [1.165, 1.54) is 57.8 Å². The number of amides is 2. The zero-order valence-corrected chi connectivity index (χ0v) is 17.7. The highest BCUT2D eigenvalue weighted by Crippen LogP contribution is 2.34. The number of primary amides is 2. The summed E-state index contributed by atoms with van der Waals surface area (Å²) < 4.78 is 0. The third-order valence-corrected chi connectivity index (χ3v) is 6.30. The van der Waals surface area contributed by atoms with Gasteiger partial charge in [-0.05, 0) is 82.5 Å². The number of hydrogen-bond acceptors (Lipinski definition) is 4. The van der Waals surface area contributed by atoms with Crippen LogP contribution in [0.15, 0.2) is 0 Å². The molecule has 0 radical (unpaired) electrons. The first-order valence-corrected chi connectivity index (χ1v) is 11.4. The number of nitrogens with two attached hydrogens (primary N) is 4. The van der Waals surface area contributed by atoms with Gasteiger partial charge in [0.15, 0.2) is 0 Å². The van der Waals surface area contributed by atoms with Crippen LogP contribution < -0.4 is 22.9 Å². The molecular weight excluding hydrogens is 352 g/mol. The Labute approximate surface area is 171 Å². The lowest BCUT2D eigenvalue weighted by atomic mass is 9.76. The summed E-state index contributed by atoms with van der Waals surface area (Å²) in [5, 5.41) is 0. The van der Waals surface area contributed by atoms with E-state index in [9.17, 15) is 9.59 Å². The van der Waals surface area contributed by atoms with Crippen LogP contribution >= 0.6 is 0 Å². The van der Waals surface area contributed by atoms with E-state index in [2.05, 4.69) is 0 Å². The van der Waals surface area contributed by atoms with Crippen molar-refractivity contribution in [2.45, 2.75) is 115 Å². The second-order valence-electron chi connectivity index (χ2n) is 9.00. The molecule has 0 unspecified atom stereocenters. The highest BCUT2D eigenvalue weighted by Gasteiger charge is 2.24. The Morgan fingerprint density at radius 3 is 1.21 bits per heavy atom. The minimum Gasteiger partial charge on any atom is -0.370 e. The van der Waals surface area contributed by atoms with Gasteiger partial charge in [-0.25, -0.2) is 0 Å². The van der Waals surface area contributed by atoms with Gasteiger partial charge < -0.3 is 22.9 Å². The Bertz CT molecular complexity index is 390. The fourth-order valence-electron chi connectivity index (χ4n) is 4.45. The molecule has 0 bridgehead atoms. The van der Waals surface area contributed by atoms with Gasteiger partial charge in [0.1, 0.15) is 0 Å². The van der Waals surface area contributed by atoms with Gasteiger partial charge in [0.2, 0.25) is 11.8 Å². The number of rotatable bonds is 10. The molecule has 0 heterocycles. The van der Waals surface area contributed by atoms with Crippen LogP contribution in [-0.4, -0.2) is 23.9 Å². The van der Waals surface area contributed by atoms with Gasteiger partial charge in [0.25, 0.3) is 0 Å². The third kappa shape index (κ3) is 13.1. The van der Waals surface area contributed by atoms with Crippen LogP contribution in [0, 0.1) is 11.8 Å². The van der Waals surface area contributed by atoms with Crippen LogP contribution in [0.2, 0.25) is 0 Å². The van der Waals surface area contributed by atoms with Crippen molar-refractivity contribution in [3.05, 3.63) is 0 Å². The summed E-state index contributed by atoms with van der Waals surface area (Å²) in [5.41, 5.74) is 21.8. The molecule has 6 nitrogen and oxygen atoms in total. The molecule has 0 saturated heterocycles. The van der Waals surface area contributed by atoms with Gasteiger partial charge in [-0.2, -0.15) is 0 Å². The maximum absolute atomic E-state index is 10.3. The number of carbonyl (C=O) groups is 2. The Morgan fingerprint density at radius 2 is 0.893 bits per heavy atom. The van der Waals surface area contributed by atoms with E-state index in [0.29, 0.717) is 24.9 Å². The number of unbranched alkanes of at least 4 members (excludes halogenated alkanes) is 4. The lowest BCUT2D eigenvalue weighted by Crippen LogP contribution is -2.30. The van der Waals surface area contributed by atoms with Gasteiger partial charge in [-0.15, -0.1) is 0 Å². The smallest absolute Gasteiger partial charge is 0.217 e. The first kappa shape index (κ1) is 24.9. The van der Waals surface area contributed by atoms with Crippen LogP contribution in [0.3, 0.4) is 0 Å². The predicted octanol–water partition coefficient (Wildman–Crippen LogP) is 3.10. The van der Waals surface area contributed by atoms with Crippen LogP contribution in [-0.2, 0) is 9.59 Å². The molecule has 0 atom stereocenters. The summed E-state index contributed by atoms with van der Waals surface area (Å²) in [6.07, 6.45) is 17.7. The van der Waals surface area contributed by atoms with Crippen molar-refractivity contribution in [3.63, 3.8) is 0 Å². The molecule has 2 aliphatic carbocycles. The van der Waals surface area contributed by atoms with E-state index in [-0.39, 0.29) is 11.8 Å². The molecule has 0 aromatic carbocycles. The van der Waals surface area contributed by atoms with Crippen molar-refractivity contribution < 1.29 is 9.59 Å². The highest BCUT2D eigenvalue weighted by atomic mass is 16.1. The molecule has 0 aromatic heterocycles. The Hall–Kier alpha value is -1.14. The Morgan fingerprint density at radius 1 is 0.571 bits per heavy atom. The third-order valence-electron chi connectivity index (χ3n) is 6.30. The molecule has 6 heteroatoms. The molecule has 164 valence electrons.